The number of hydrogen-bond donors (Lipinski definition) is 0. The minimum absolute atomic E-state index is 0.738. The Morgan fingerprint density at radius 2 is 2.27 bits per heavy atom. The van der Waals surface area contributed by atoms with Gasteiger partial charge in [0.1, 0.15) is 0 Å². The number of allylic oxidation sites excluding steroid dienone is 3. The van der Waals surface area contributed by atoms with Gasteiger partial charge in [0, 0.05) is 5.92 Å². The average molecular weight is 146 g/mol. The van der Waals surface area contributed by atoms with E-state index in [1.807, 2.05) is 0 Å². The van der Waals surface area contributed by atoms with Crippen LogP contribution < -0.4 is 0 Å². The van der Waals surface area contributed by atoms with Crippen molar-refractivity contribution in [3.8, 4) is 0 Å². The predicted octanol–water partition coefficient (Wildman–Crippen LogP) is 3.22. The van der Waals surface area contributed by atoms with Crippen LogP contribution in [0.2, 0.25) is 0 Å². The maximum Gasteiger partial charge on any atom is 0.00561 e. The molecule has 0 spiro atoms. The number of fused-ring (bicyclic) bond motifs is 1. The molecule has 0 saturated heterocycles. The van der Waals surface area contributed by atoms with Gasteiger partial charge in [-0.2, -0.15) is 0 Å². The lowest BCUT2D eigenvalue weighted by molar-refractivity contribution is 0.641. The quantitative estimate of drug-likeness (QED) is 0.460. The van der Waals surface area contributed by atoms with Gasteiger partial charge in [0.05, 0.1) is 0 Å². The molecule has 0 aliphatic heterocycles. The van der Waals surface area contributed by atoms with Gasteiger partial charge in [0.15, 0.2) is 0 Å². The molecule has 58 valence electrons. The van der Waals surface area contributed by atoms with E-state index in [4.69, 9.17) is 0 Å². The van der Waals surface area contributed by atoms with Gasteiger partial charge in [-0.1, -0.05) is 25.0 Å². The summed E-state index contributed by atoms with van der Waals surface area (Å²) < 4.78 is 0. The van der Waals surface area contributed by atoms with Crippen LogP contribution >= 0.6 is 0 Å². The highest BCUT2D eigenvalue weighted by Crippen LogP contribution is 2.29. The maximum absolute atomic E-state index is 3.37. The largest absolute Gasteiger partial charge is 0.121 e. The van der Waals surface area contributed by atoms with Crippen molar-refractivity contribution in [2.45, 2.75) is 32.1 Å². The zero-order valence-corrected chi connectivity index (χ0v) is 6.84. The molecule has 0 amide bonds. The van der Waals surface area contributed by atoms with Crippen molar-refractivity contribution in [1.82, 2.24) is 0 Å². The van der Waals surface area contributed by atoms with Crippen molar-refractivity contribution in [3.63, 3.8) is 0 Å². The SMILES string of the molecule is C1=CC=CC2CCCCCC=12. The van der Waals surface area contributed by atoms with E-state index in [0.717, 1.165) is 5.92 Å². The second-order valence-electron chi connectivity index (χ2n) is 3.43. The summed E-state index contributed by atoms with van der Waals surface area (Å²) in [7, 11) is 0. The highest BCUT2D eigenvalue weighted by molar-refractivity contribution is 5.22. The Labute approximate surface area is 68.3 Å². The van der Waals surface area contributed by atoms with Gasteiger partial charge in [-0.3, -0.25) is 0 Å². The van der Waals surface area contributed by atoms with Crippen LogP contribution in [0.25, 0.3) is 0 Å². The second kappa shape index (κ2) is 3.11. The molecule has 2 aliphatic carbocycles. The van der Waals surface area contributed by atoms with Gasteiger partial charge in [-0.25, -0.2) is 0 Å². The summed E-state index contributed by atoms with van der Waals surface area (Å²) in [5, 5.41) is 0. The lowest BCUT2D eigenvalue weighted by atomic mass is 9.92. The molecule has 0 radical (unpaired) electrons. The standard InChI is InChI=1S/C11H14/c1-2-6-10-8-4-5-9-11(10)7-3-1/h4-5,8,10H,1-3,6-7H2. The lowest BCUT2D eigenvalue weighted by Gasteiger charge is -2.12. The molecule has 0 heteroatoms. The third-order valence-electron chi connectivity index (χ3n) is 2.62. The zero-order valence-electron chi connectivity index (χ0n) is 6.84. The first kappa shape index (κ1) is 6.94. The third kappa shape index (κ3) is 1.46. The minimum atomic E-state index is 0.738. The summed E-state index contributed by atoms with van der Waals surface area (Å²) in [6.07, 6.45) is 13.3. The van der Waals surface area contributed by atoms with Crippen molar-refractivity contribution >= 4 is 0 Å². The summed E-state index contributed by atoms with van der Waals surface area (Å²) in [4.78, 5) is 0. The van der Waals surface area contributed by atoms with Gasteiger partial charge in [-0.15, -0.1) is 5.73 Å². The van der Waals surface area contributed by atoms with Gasteiger partial charge in [-0.05, 0) is 30.9 Å². The smallest absolute Gasteiger partial charge is 0.00561 e. The summed E-state index contributed by atoms with van der Waals surface area (Å²) >= 11 is 0. The zero-order chi connectivity index (χ0) is 7.52. The molecule has 1 fully saturated rings. The van der Waals surface area contributed by atoms with Crippen molar-refractivity contribution in [2.24, 2.45) is 5.92 Å². The van der Waals surface area contributed by atoms with Gasteiger partial charge < -0.3 is 0 Å². The molecule has 2 rings (SSSR count). The Balaban J connectivity index is 2.22. The molecule has 0 nitrogen and oxygen atoms in total. The molecule has 0 aromatic carbocycles. The van der Waals surface area contributed by atoms with Gasteiger partial charge in [0.2, 0.25) is 0 Å². The molecule has 2 aliphatic rings. The molecular formula is C11H14. The fourth-order valence-corrected chi connectivity index (χ4v) is 1.95. The molecular weight excluding hydrogens is 132 g/mol. The van der Waals surface area contributed by atoms with E-state index in [-0.39, 0.29) is 0 Å². The second-order valence-corrected chi connectivity index (χ2v) is 3.43. The van der Waals surface area contributed by atoms with Gasteiger partial charge in [0.25, 0.3) is 0 Å². The first-order chi connectivity index (χ1) is 5.47. The minimum Gasteiger partial charge on any atom is -0.121 e. The van der Waals surface area contributed by atoms with Crippen molar-refractivity contribution < 1.29 is 0 Å². The lowest BCUT2D eigenvalue weighted by Crippen LogP contribution is -1.99. The molecule has 1 saturated carbocycles. The Morgan fingerprint density at radius 1 is 1.27 bits per heavy atom. The van der Waals surface area contributed by atoms with E-state index in [2.05, 4.69) is 24.0 Å². The Hall–Kier alpha value is -0.740. The first-order valence-electron chi connectivity index (χ1n) is 4.59. The number of hydrogen-bond acceptors (Lipinski definition) is 0. The normalized spacial score (nSPS) is 29.1. The summed E-state index contributed by atoms with van der Waals surface area (Å²) in [5.41, 5.74) is 4.91. The van der Waals surface area contributed by atoms with Crippen LogP contribution in [0.4, 0.5) is 0 Å². The average Bonchev–Trinajstić information content (AvgIpc) is 2.28. The van der Waals surface area contributed by atoms with E-state index in [1.54, 1.807) is 5.57 Å². The van der Waals surface area contributed by atoms with E-state index in [9.17, 15) is 0 Å². The van der Waals surface area contributed by atoms with Crippen LogP contribution in [-0.2, 0) is 0 Å². The van der Waals surface area contributed by atoms with Gasteiger partial charge >= 0.3 is 0 Å². The predicted molar refractivity (Wildman–Crippen MR) is 47.3 cm³/mol. The van der Waals surface area contributed by atoms with E-state index in [1.165, 1.54) is 32.1 Å². The van der Waals surface area contributed by atoms with Crippen LogP contribution in [0.5, 0.6) is 0 Å². The van der Waals surface area contributed by atoms with Crippen LogP contribution in [0, 0.1) is 5.92 Å². The topological polar surface area (TPSA) is 0 Å². The molecule has 0 bridgehead atoms. The van der Waals surface area contributed by atoms with Crippen molar-refractivity contribution in [3.05, 3.63) is 29.5 Å². The first-order valence-corrected chi connectivity index (χ1v) is 4.59. The summed E-state index contributed by atoms with van der Waals surface area (Å²) in [5.74, 6) is 0.738. The van der Waals surface area contributed by atoms with Crippen molar-refractivity contribution in [1.29, 1.82) is 0 Å². The molecule has 1 unspecified atom stereocenters. The molecule has 0 heterocycles. The summed E-state index contributed by atoms with van der Waals surface area (Å²) in [6, 6.07) is 0. The van der Waals surface area contributed by atoms with E-state index >= 15 is 0 Å². The molecule has 0 aromatic heterocycles. The molecule has 0 aromatic rings. The monoisotopic (exact) mass is 146 g/mol. The molecule has 0 N–H and O–H groups in total. The van der Waals surface area contributed by atoms with Crippen LogP contribution in [0.3, 0.4) is 0 Å². The van der Waals surface area contributed by atoms with Crippen LogP contribution in [0.15, 0.2) is 29.5 Å². The summed E-state index contributed by atoms with van der Waals surface area (Å²) in [6.45, 7) is 0. The Bertz CT molecular complexity index is 226. The fourth-order valence-electron chi connectivity index (χ4n) is 1.95. The molecule has 11 heavy (non-hydrogen) atoms. The van der Waals surface area contributed by atoms with Crippen molar-refractivity contribution in [2.75, 3.05) is 0 Å². The highest BCUT2D eigenvalue weighted by Gasteiger charge is 2.14. The Kier molecular flexibility index (Phi) is 1.96. The molecule has 1 atom stereocenters. The van der Waals surface area contributed by atoms with Crippen LogP contribution in [0.1, 0.15) is 32.1 Å². The fraction of sp³-hybridized carbons (Fsp3) is 0.545. The van der Waals surface area contributed by atoms with Crippen LogP contribution in [-0.4, -0.2) is 0 Å². The Morgan fingerprint density at radius 3 is 3.27 bits per heavy atom. The van der Waals surface area contributed by atoms with E-state index in [0.29, 0.717) is 0 Å². The maximum atomic E-state index is 3.37. The number of rotatable bonds is 0. The highest BCUT2D eigenvalue weighted by atomic mass is 14.2. The van der Waals surface area contributed by atoms with E-state index < -0.39 is 0 Å². The third-order valence-corrected chi connectivity index (χ3v) is 2.62.